The van der Waals surface area contributed by atoms with Crippen LogP contribution in [0.25, 0.3) is 0 Å². The lowest BCUT2D eigenvalue weighted by Crippen LogP contribution is -2.14. The summed E-state index contributed by atoms with van der Waals surface area (Å²) in [4.78, 5) is 0.0515. The molecule has 2 aromatic rings. The number of nitrogen functional groups attached to an aromatic ring is 1. The first kappa shape index (κ1) is 15.3. The molecule has 0 saturated heterocycles. The van der Waals surface area contributed by atoms with Crippen molar-refractivity contribution >= 4 is 53.3 Å². The zero-order chi connectivity index (χ0) is 14.9. The molecule has 2 rings (SSSR count). The van der Waals surface area contributed by atoms with E-state index in [1.807, 2.05) is 0 Å². The summed E-state index contributed by atoms with van der Waals surface area (Å²) in [6.45, 7) is 0. The van der Waals surface area contributed by atoms with Crippen LogP contribution in [0.4, 0.5) is 15.8 Å². The third-order valence-electron chi connectivity index (χ3n) is 2.44. The lowest BCUT2D eigenvalue weighted by Gasteiger charge is -2.11. The van der Waals surface area contributed by atoms with Gasteiger partial charge in [0.1, 0.15) is 10.7 Å². The van der Waals surface area contributed by atoms with E-state index < -0.39 is 15.8 Å². The van der Waals surface area contributed by atoms with Gasteiger partial charge in [0.2, 0.25) is 0 Å². The van der Waals surface area contributed by atoms with Crippen molar-refractivity contribution in [3.63, 3.8) is 0 Å². The molecule has 106 valence electrons. The van der Waals surface area contributed by atoms with Crippen LogP contribution in [0.15, 0.2) is 50.2 Å². The first-order chi connectivity index (χ1) is 9.29. The number of hydrogen-bond donors (Lipinski definition) is 2. The number of sulfonamides is 1. The highest BCUT2D eigenvalue weighted by atomic mass is 79.9. The van der Waals surface area contributed by atoms with Crippen molar-refractivity contribution in [3.8, 4) is 0 Å². The predicted octanol–water partition coefficient (Wildman–Crippen LogP) is 3.73. The number of benzene rings is 2. The first-order valence-corrected chi connectivity index (χ1v) is 8.39. The number of nitrogens with one attached hydrogen (secondary N) is 1. The second-order valence-corrected chi connectivity index (χ2v) is 7.33. The summed E-state index contributed by atoms with van der Waals surface area (Å²) in [6.07, 6.45) is 0. The third-order valence-corrected chi connectivity index (χ3v) is 5.29. The van der Waals surface area contributed by atoms with E-state index in [2.05, 4.69) is 36.6 Å². The molecule has 0 atom stereocenters. The average Bonchev–Trinajstić information content (AvgIpc) is 2.35. The molecule has 0 aliphatic rings. The molecular weight excluding hydrogens is 415 g/mol. The fourth-order valence-corrected chi connectivity index (χ4v) is 4.10. The molecule has 0 saturated carbocycles. The van der Waals surface area contributed by atoms with Crippen LogP contribution in [0.2, 0.25) is 0 Å². The molecule has 0 aliphatic carbocycles. The fraction of sp³-hybridized carbons (Fsp3) is 0. The molecule has 0 fully saturated rings. The minimum atomic E-state index is -3.83. The van der Waals surface area contributed by atoms with Crippen LogP contribution in [-0.4, -0.2) is 8.42 Å². The number of hydrogen-bond acceptors (Lipinski definition) is 3. The fourth-order valence-electron chi connectivity index (χ4n) is 1.51. The van der Waals surface area contributed by atoms with E-state index in [0.29, 0.717) is 8.95 Å². The van der Waals surface area contributed by atoms with Crippen molar-refractivity contribution in [1.82, 2.24) is 0 Å². The summed E-state index contributed by atoms with van der Waals surface area (Å²) < 4.78 is 40.9. The maximum absolute atomic E-state index is 12.9. The Morgan fingerprint density at radius 1 is 1.10 bits per heavy atom. The highest BCUT2D eigenvalue weighted by Gasteiger charge is 2.19. The van der Waals surface area contributed by atoms with Gasteiger partial charge in [-0.05, 0) is 52.3 Å². The van der Waals surface area contributed by atoms with Crippen LogP contribution >= 0.6 is 31.9 Å². The van der Waals surface area contributed by atoms with Crippen LogP contribution in [0.3, 0.4) is 0 Å². The number of anilines is 2. The van der Waals surface area contributed by atoms with Crippen molar-refractivity contribution in [1.29, 1.82) is 0 Å². The molecule has 0 spiro atoms. The summed E-state index contributed by atoms with van der Waals surface area (Å²) in [6, 6.07) is 8.21. The maximum atomic E-state index is 12.9. The Kier molecular flexibility index (Phi) is 4.36. The second-order valence-electron chi connectivity index (χ2n) is 3.91. The Balaban J connectivity index is 2.43. The van der Waals surface area contributed by atoms with Gasteiger partial charge in [0.05, 0.1) is 11.4 Å². The largest absolute Gasteiger partial charge is 0.397 e. The van der Waals surface area contributed by atoms with Gasteiger partial charge in [0.25, 0.3) is 10.0 Å². The van der Waals surface area contributed by atoms with Crippen molar-refractivity contribution < 1.29 is 12.8 Å². The van der Waals surface area contributed by atoms with Gasteiger partial charge in [-0.25, -0.2) is 12.8 Å². The van der Waals surface area contributed by atoms with Gasteiger partial charge in [-0.1, -0.05) is 15.9 Å². The Morgan fingerprint density at radius 3 is 2.45 bits per heavy atom. The molecule has 0 aromatic heterocycles. The van der Waals surface area contributed by atoms with E-state index in [1.54, 1.807) is 12.1 Å². The van der Waals surface area contributed by atoms with Gasteiger partial charge < -0.3 is 5.73 Å². The minimum absolute atomic E-state index is 0.0136. The van der Waals surface area contributed by atoms with Crippen LogP contribution in [-0.2, 0) is 10.0 Å². The standard InChI is InChI=1S/C12H9Br2FN2O2S/c13-7-1-3-9(14)12(5-7)20(18,19)17-11-4-2-8(15)6-10(11)16/h1-6,17H,16H2. The quantitative estimate of drug-likeness (QED) is 0.738. The molecule has 0 unspecified atom stereocenters. The summed E-state index contributed by atoms with van der Waals surface area (Å²) in [5.74, 6) is -0.533. The lowest BCUT2D eigenvalue weighted by atomic mass is 10.3. The Hall–Kier alpha value is -1.12. The van der Waals surface area contributed by atoms with Gasteiger partial charge >= 0.3 is 0 Å². The molecule has 4 nitrogen and oxygen atoms in total. The van der Waals surface area contributed by atoms with Crippen LogP contribution in [0, 0.1) is 5.82 Å². The van der Waals surface area contributed by atoms with E-state index >= 15 is 0 Å². The van der Waals surface area contributed by atoms with Gasteiger partial charge in [-0.15, -0.1) is 0 Å². The summed E-state index contributed by atoms with van der Waals surface area (Å²) in [5.41, 5.74) is 5.72. The normalized spacial score (nSPS) is 11.3. The first-order valence-electron chi connectivity index (χ1n) is 5.32. The highest BCUT2D eigenvalue weighted by molar-refractivity contribution is 9.11. The third kappa shape index (κ3) is 3.31. The van der Waals surface area contributed by atoms with Crippen molar-refractivity contribution in [3.05, 3.63) is 51.2 Å². The van der Waals surface area contributed by atoms with Gasteiger partial charge in [0.15, 0.2) is 0 Å². The van der Waals surface area contributed by atoms with E-state index in [9.17, 15) is 12.8 Å². The predicted molar refractivity (Wildman–Crippen MR) is 83.5 cm³/mol. The second kappa shape index (κ2) is 5.71. The SMILES string of the molecule is Nc1cc(F)ccc1NS(=O)(=O)c1cc(Br)ccc1Br. The molecule has 8 heteroatoms. The smallest absolute Gasteiger partial charge is 0.263 e. The molecule has 0 heterocycles. The van der Waals surface area contributed by atoms with Gasteiger partial charge in [0, 0.05) is 8.95 Å². The minimum Gasteiger partial charge on any atom is -0.397 e. The van der Waals surface area contributed by atoms with E-state index in [1.165, 1.54) is 12.1 Å². The van der Waals surface area contributed by atoms with E-state index in [-0.39, 0.29) is 16.3 Å². The van der Waals surface area contributed by atoms with Gasteiger partial charge in [-0.3, -0.25) is 4.72 Å². The molecule has 3 N–H and O–H groups in total. The number of halogens is 3. The maximum Gasteiger partial charge on any atom is 0.263 e. The van der Waals surface area contributed by atoms with Crippen LogP contribution < -0.4 is 10.5 Å². The molecule has 0 radical (unpaired) electrons. The van der Waals surface area contributed by atoms with Crippen LogP contribution in [0.5, 0.6) is 0 Å². The zero-order valence-electron chi connectivity index (χ0n) is 9.90. The molecule has 0 bridgehead atoms. The van der Waals surface area contributed by atoms with E-state index in [0.717, 1.165) is 12.1 Å². The van der Waals surface area contributed by atoms with Crippen molar-refractivity contribution in [2.24, 2.45) is 0 Å². The zero-order valence-corrected chi connectivity index (χ0v) is 13.9. The molecular formula is C12H9Br2FN2O2S. The summed E-state index contributed by atoms with van der Waals surface area (Å²) >= 11 is 6.39. The number of rotatable bonds is 3. The number of nitrogens with two attached hydrogens (primary N) is 1. The van der Waals surface area contributed by atoms with Crippen LogP contribution in [0.1, 0.15) is 0 Å². The lowest BCUT2D eigenvalue weighted by molar-refractivity contribution is 0.600. The Morgan fingerprint density at radius 2 is 1.80 bits per heavy atom. The Bertz CT molecular complexity index is 766. The molecule has 2 aromatic carbocycles. The van der Waals surface area contributed by atoms with E-state index in [4.69, 9.17) is 5.73 Å². The molecule has 0 aliphatic heterocycles. The highest BCUT2D eigenvalue weighted by Crippen LogP contribution is 2.29. The van der Waals surface area contributed by atoms with Crippen molar-refractivity contribution in [2.75, 3.05) is 10.5 Å². The average molecular weight is 424 g/mol. The summed E-state index contributed by atoms with van der Waals surface area (Å²) in [5, 5.41) is 0. The molecule has 0 amide bonds. The summed E-state index contributed by atoms with van der Waals surface area (Å²) in [7, 11) is -3.83. The topological polar surface area (TPSA) is 72.2 Å². The monoisotopic (exact) mass is 422 g/mol. The van der Waals surface area contributed by atoms with Crippen molar-refractivity contribution in [2.45, 2.75) is 4.90 Å². The molecule has 20 heavy (non-hydrogen) atoms. The van der Waals surface area contributed by atoms with Gasteiger partial charge in [-0.2, -0.15) is 0 Å². The Labute approximate surface area is 132 Å².